The molecule has 1 atom stereocenters. The minimum absolute atomic E-state index is 0.0866. The van der Waals surface area contributed by atoms with Gasteiger partial charge in [0, 0.05) is 16.0 Å². The highest BCUT2D eigenvalue weighted by Gasteiger charge is 2.23. The lowest BCUT2D eigenvalue weighted by molar-refractivity contribution is 0.219. The van der Waals surface area contributed by atoms with Crippen molar-refractivity contribution in [3.8, 4) is 5.75 Å². The van der Waals surface area contributed by atoms with Crippen LogP contribution in [0.2, 0.25) is 0 Å². The van der Waals surface area contributed by atoms with Gasteiger partial charge in [-0.2, -0.15) is 12.6 Å². The first-order chi connectivity index (χ1) is 8.86. The van der Waals surface area contributed by atoms with Crippen molar-refractivity contribution in [2.75, 3.05) is 11.5 Å². The Morgan fingerprint density at radius 1 is 1.39 bits per heavy atom. The van der Waals surface area contributed by atoms with Gasteiger partial charge in [0.2, 0.25) is 0 Å². The van der Waals surface area contributed by atoms with Crippen molar-refractivity contribution >= 4 is 35.7 Å². The monoisotopic (exact) mass is 295 g/mol. The Morgan fingerprint density at radius 2 is 2.28 bits per heavy atom. The molecule has 0 N–H and O–H groups in total. The maximum atomic E-state index is 6.02. The SMILES string of the molecule is SCCc1csc(C2CSc3ccccc3O2)n1. The highest BCUT2D eigenvalue weighted by molar-refractivity contribution is 7.99. The lowest BCUT2D eigenvalue weighted by atomic mass is 10.3. The number of thioether (sulfide) groups is 1. The van der Waals surface area contributed by atoms with Crippen LogP contribution in [0.15, 0.2) is 34.5 Å². The Bertz CT molecular complexity index is 541. The van der Waals surface area contributed by atoms with E-state index in [2.05, 4.69) is 29.1 Å². The molecule has 0 aliphatic carbocycles. The van der Waals surface area contributed by atoms with Crippen molar-refractivity contribution < 1.29 is 4.74 Å². The number of benzene rings is 1. The van der Waals surface area contributed by atoms with Crippen LogP contribution in [0, 0.1) is 0 Å². The highest BCUT2D eigenvalue weighted by atomic mass is 32.2. The zero-order valence-electron chi connectivity index (χ0n) is 9.70. The smallest absolute Gasteiger partial charge is 0.159 e. The summed E-state index contributed by atoms with van der Waals surface area (Å²) >= 11 is 7.76. The second kappa shape index (κ2) is 5.55. The molecule has 3 rings (SSSR count). The van der Waals surface area contributed by atoms with E-state index in [4.69, 9.17) is 4.74 Å². The van der Waals surface area contributed by atoms with Gasteiger partial charge < -0.3 is 4.74 Å². The van der Waals surface area contributed by atoms with Crippen molar-refractivity contribution in [1.29, 1.82) is 0 Å². The number of para-hydroxylation sites is 1. The lowest BCUT2D eigenvalue weighted by Gasteiger charge is -2.23. The molecule has 0 saturated carbocycles. The van der Waals surface area contributed by atoms with Crippen molar-refractivity contribution in [2.45, 2.75) is 17.4 Å². The standard InChI is InChI=1S/C13H13NOS3/c16-6-5-9-7-18-13(14-9)11-8-17-12-4-2-1-3-10(12)15-11/h1-4,7,11,16H,5-6,8H2. The van der Waals surface area contributed by atoms with E-state index < -0.39 is 0 Å². The molecule has 0 saturated heterocycles. The minimum Gasteiger partial charge on any atom is -0.481 e. The minimum atomic E-state index is 0.0866. The molecule has 1 aliphatic rings. The number of hydrogen-bond donors (Lipinski definition) is 1. The average molecular weight is 295 g/mol. The largest absolute Gasteiger partial charge is 0.481 e. The van der Waals surface area contributed by atoms with Crippen molar-refractivity contribution in [3.63, 3.8) is 0 Å². The zero-order valence-corrected chi connectivity index (χ0v) is 12.2. The molecule has 0 radical (unpaired) electrons. The molecule has 1 unspecified atom stereocenters. The number of thiazole rings is 1. The quantitative estimate of drug-likeness (QED) is 0.870. The molecule has 18 heavy (non-hydrogen) atoms. The summed E-state index contributed by atoms with van der Waals surface area (Å²) in [7, 11) is 0. The first kappa shape index (κ1) is 12.4. The Balaban J connectivity index is 1.78. The summed E-state index contributed by atoms with van der Waals surface area (Å²) in [5.41, 5.74) is 1.12. The summed E-state index contributed by atoms with van der Waals surface area (Å²) in [6.07, 6.45) is 1.01. The van der Waals surface area contributed by atoms with E-state index in [1.807, 2.05) is 30.0 Å². The average Bonchev–Trinajstić information content (AvgIpc) is 2.87. The molecular formula is C13H13NOS3. The van der Waals surface area contributed by atoms with Crippen LogP contribution in [0.4, 0.5) is 0 Å². The van der Waals surface area contributed by atoms with Gasteiger partial charge in [0.25, 0.3) is 0 Å². The summed E-state index contributed by atoms with van der Waals surface area (Å²) in [4.78, 5) is 5.85. The summed E-state index contributed by atoms with van der Waals surface area (Å²) in [5, 5.41) is 3.19. The Hall–Kier alpha value is -0.650. The van der Waals surface area contributed by atoms with Gasteiger partial charge in [-0.05, 0) is 24.3 Å². The van der Waals surface area contributed by atoms with E-state index in [1.165, 1.54) is 4.90 Å². The van der Waals surface area contributed by atoms with Gasteiger partial charge >= 0.3 is 0 Å². The number of fused-ring (bicyclic) bond motifs is 1. The van der Waals surface area contributed by atoms with Crippen LogP contribution in [0.25, 0.3) is 0 Å². The molecule has 0 spiro atoms. The number of nitrogens with zero attached hydrogens (tertiary/aromatic N) is 1. The topological polar surface area (TPSA) is 22.1 Å². The number of ether oxygens (including phenoxy) is 1. The van der Waals surface area contributed by atoms with Crippen molar-refractivity contribution in [1.82, 2.24) is 4.98 Å². The van der Waals surface area contributed by atoms with Gasteiger partial charge in [0.05, 0.1) is 5.69 Å². The molecule has 1 aromatic carbocycles. The lowest BCUT2D eigenvalue weighted by Crippen LogP contribution is -2.14. The van der Waals surface area contributed by atoms with Gasteiger partial charge in [0.1, 0.15) is 10.8 Å². The normalized spacial score (nSPS) is 18.2. The van der Waals surface area contributed by atoms with Crippen molar-refractivity contribution in [3.05, 3.63) is 40.3 Å². The molecule has 2 aromatic rings. The molecule has 2 nitrogen and oxygen atoms in total. The van der Waals surface area contributed by atoms with Crippen LogP contribution in [0.3, 0.4) is 0 Å². The van der Waals surface area contributed by atoms with Gasteiger partial charge in [-0.25, -0.2) is 4.98 Å². The summed E-state index contributed by atoms with van der Waals surface area (Å²) in [5.74, 6) is 2.75. The molecule has 0 amide bonds. The van der Waals surface area contributed by atoms with Crippen LogP contribution >= 0.6 is 35.7 Å². The first-order valence-corrected chi connectivity index (χ1v) is 8.30. The molecule has 94 valence electrons. The fourth-order valence-electron chi connectivity index (χ4n) is 1.84. The Kier molecular flexibility index (Phi) is 3.82. The molecule has 1 aromatic heterocycles. The Labute approximate surface area is 120 Å². The third-order valence-electron chi connectivity index (χ3n) is 2.72. The molecule has 0 bridgehead atoms. The number of aryl methyl sites for hydroxylation is 1. The fraction of sp³-hybridized carbons (Fsp3) is 0.308. The van der Waals surface area contributed by atoms with Crippen LogP contribution in [-0.4, -0.2) is 16.5 Å². The van der Waals surface area contributed by atoms with Gasteiger partial charge in [-0.3, -0.25) is 0 Å². The van der Waals surface area contributed by atoms with Crippen LogP contribution in [0.1, 0.15) is 16.8 Å². The number of thiol groups is 1. The van der Waals surface area contributed by atoms with Crippen LogP contribution < -0.4 is 4.74 Å². The molecular weight excluding hydrogens is 282 g/mol. The predicted octanol–water partition coefficient (Wildman–Crippen LogP) is 3.84. The second-order valence-corrected chi connectivity index (χ2v) is 6.41. The van der Waals surface area contributed by atoms with Gasteiger partial charge in [-0.1, -0.05) is 12.1 Å². The molecule has 1 aliphatic heterocycles. The van der Waals surface area contributed by atoms with Gasteiger partial charge in [-0.15, -0.1) is 23.1 Å². The highest BCUT2D eigenvalue weighted by Crippen LogP contribution is 2.40. The van der Waals surface area contributed by atoms with Crippen LogP contribution in [-0.2, 0) is 6.42 Å². The predicted molar refractivity (Wildman–Crippen MR) is 80.2 cm³/mol. The first-order valence-electron chi connectivity index (χ1n) is 5.80. The van der Waals surface area contributed by atoms with E-state index in [1.54, 1.807) is 11.3 Å². The van der Waals surface area contributed by atoms with E-state index in [-0.39, 0.29) is 6.10 Å². The summed E-state index contributed by atoms with van der Waals surface area (Å²) < 4.78 is 6.02. The maximum absolute atomic E-state index is 6.02. The second-order valence-electron chi connectivity index (χ2n) is 4.01. The third kappa shape index (κ3) is 2.53. The van der Waals surface area contributed by atoms with E-state index in [0.29, 0.717) is 0 Å². The maximum Gasteiger partial charge on any atom is 0.159 e. The molecule has 0 fully saturated rings. The summed E-state index contributed by atoms with van der Waals surface area (Å²) in [6.45, 7) is 0. The van der Waals surface area contributed by atoms with Crippen molar-refractivity contribution in [2.24, 2.45) is 0 Å². The van der Waals surface area contributed by atoms with Gasteiger partial charge in [0.15, 0.2) is 6.10 Å². The van der Waals surface area contributed by atoms with E-state index in [0.717, 1.165) is 34.4 Å². The zero-order chi connectivity index (χ0) is 12.4. The Morgan fingerprint density at radius 3 is 3.17 bits per heavy atom. The molecule has 2 heterocycles. The van der Waals surface area contributed by atoms with E-state index in [9.17, 15) is 0 Å². The fourth-order valence-corrected chi connectivity index (χ4v) is 4.05. The summed E-state index contributed by atoms with van der Waals surface area (Å²) in [6, 6.07) is 8.18. The molecule has 5 heteroatoms. The van der Waals surface area contributed by atoms with Crippen LogP contribution in [0.5, 0.6) is 5.75 Å². The third-order valence-corrected chi connectivity index (χ3v) is 5.05. The van der Waals surface area contributed by atoms with E-state index >= 15 is 0 Å². The number of hydrogen-bond acceptors (Lipinski definition) is 5. The number of rotatable bonds is 3. The number of aromatic nitrogens is 1.